The summed E-state index contributed by atoms with van der Waals surface area (Å²) in [6.07, 6.45) is 3.62. The van der Waals surface area contributed by atoms with Gasteiger partial charge in [0.05, 0.1) is 0 Å². The monoisotopic (exact) mass is 362 g/mol. The van der Waals surface area contributed by atoms with E-state index < -0.39 is 0 Å². The van der Waals surface area contributed by atoms with Gasteiger partial charge in [0.15, 0.2) is 11.5 Å². The van der Waals surface area contributed by atoms with E-state index in [9.17, 15) is 4.79 Å². The molecule has 6 heteroatoms. The number of hydrogen-bond acceptors (Lipinski definition) is 5. The number of ether oxygens (including phenoxy) is 2. The van der Waals surface area contributed by atoms with E-state index in [2.05, 4.69) is 16.8 Å². The molecule has 136 valence electrons. The van der Waals surface area contributed by atoms with Gasteiger partial charge in [-0.2, -0.15) is 0 Å². The number of fused-ring (bicyclic) bond motifs is 1. The molecule has 0 radical (unpaired) electrons. The molecule has 2 heterocycles. The number of thioether (sulfide) groups is 1. The van der Waals surface area contributed by atoms with Gasteiger partial charge in [-0.05, 0) is 37.1 Å². The Labute approximate surface area is 153 Å². The van der Waals surface area contributed by atoms with Crippen molar-refractivity contribution in [1.29, 1.82) is 0 Å². The second-order valence-corrected chi connectivity index (χ2v) is 7.58. The number of benzene rings is 1. The molecule has 5 nitrogen and oxygen atoms in total. The van der Waals surface area contributed by atoms with E-state index in [1.807, 2.05) is 24.3 Å². The molecular weight excluding hydrogens is 336 g/mol. The number of likely N-dealkylation sites (tertiary alicyclic amines) is 1. The van der Waals surface area contributed by atoms with E-state index >= 15 is 0 Å². The van der Waals surface area contributed by atoms with Gasteiger partial charge < -0.3 is 14.8 Å². The molecule has 0 saturated carbocycles. The van der Waals surface area contributed by atoms with Crippen molar-refractivity contribution in [2.24, 2.45) is 5.92 Å². The highest BCUT2D eigenvalue weighted by Gasteiger charge is 2.21. The van der Waals surface area contributed by atoms with Crippen molar-refractivity contribution < 1.29 is 14.3 Å². The minimum Gasteiger partial charge on any atom is -0.486 e. The van der Waals surface area contributed by atoms with Crippen molar-refractivity contribution in [3.05, 3.63) is 30.9 Å². The minimum atomic E-state index is 0.132. The fourth-order valence-corrected chi connectivity index (χ4v) is 4.03. The van der Waals surface area contributed by atoms with Crippen LogP contribution in [0.3, 0.4) is 0 Å². The number of nitrogens with one attached hydrogen (secondary N) is 1. The summed E-state index contributed by atoms with van der Waals surface area (Å²) in [6.45, 7) is 8.85. The van der Waals surface area contributed by atoms with Crippen LogP contribution in [0.15, 0.2) is 35.7 Å². The predicted octanol–water partition coefficient (Wildman–Crippen LogP) is 2.56. The maximum atomic E-state index is 12.0. The Morgan fingerprint density at radius 2 is 2.20 bits per heavy atom. The molecule has 0 bridgehead atoms. The van der Waals surface area contributed by atoms with Crippen LogP contribution in [0.2, 0.25) is 0 Å². The lowest BCUT2D eigenvalue weighted by Crippen LogP contribution is -2.31. The summed E-state index contributed by atoms with van der Waals surface area (Å²) in [5, 5.41) is 3.07. The predicted molar refractivity (Wildman–Crippen MR) is 101 cm³/mol. The topological polar surface area (TPSA) is 50.8 Å². The lowest BCUT2D eigenvalue weighted by Gasteiger charge is -2.18. The van der Waals surface area contributed by atoms with Crippen LogP contribution < -0.4 is 14.8 Å². The lowest BCUT2D eigenvalue weighted by atomic mass is 10.1. The Bertz CT molecular complexity index is 608. The molecule has 1 aromatic rings. The van der Waals surface area contributed by atoms with Crippen LogP contribution in [-0.4, -0.2) is 56.0 Å². The molecule has 25 heavy (non-hydrogen) atoms. The first-order valence-corrected chi connectivity index (χ1v) is 9.85. The molecule has 2 aliphatic heterocycles. The normalized spacial score (nSPS) is 19.6. The fourth-order valence-electron chi connectivity index (χ4n) is 3.15. The highest BCUT2D eigenvalue weighted by Crippen LogP contribution is 2.34. The SMILES string of the molecule is C=CCN1CC[C@H](CNC(=O)CCSc2ccc3c(c2)OCCO3)C1. The summed E-state index contributed by atoms with van der Waals surface area (Å²) < 4.78 is 11.1. The zero-order valence-electron chi connectivity index (χ0n) is 14.5. The van der Waals surface area contributed by atoms with Gasteiger partial charge in [0.1, 0.15) is 13.2 Å². The maximum absolute atomic E-state index is 12.0. The van der Waals surface area contributed by atoms with E-state index in [4.69, 9.17) is 9.47 Å². The van der Waals surface area contributed by atoms with Gasteiger partial charge in [0, 0.05) is 36.7 Å². The highest BCUT2D eigenvalue weighted by atomic mass is 32.2. The van der Waals surface area contributed by atoms with Crippen molar-refractivity contribution in [2.75, 3.05) is 45.1 Å². The number of nitrogens with zero attached hydrogens (tertiary/aromatic N) is 1. The van der Waals surface area contributed by atoms with Crippen LogP contribution in [-0.2, 0) is 4.79 Å². The van der Waals surface area contributed by atoms with Crippen molar-refractivity contribution in [1.82, 2.24) is 10.2 Å². The largest absolute Gasteiger partial charge is 0.486 e. The molecule has 0 unspecified atom stereocenters. The molecule has 1 saturated heterocycles. The number of amides is 1. The summed E-state index contributed by atoms with van der Waals surface area (Å²) in [7, 11) is 0. The molecule has 0 aromatic heterocycles. The Kier molecular flexibility index (Phi) is 6.64. The minimum absolute atomic E-state index is 0.132. The van der Waals surface area contributed by atoms with Crippen molar-refractivity contribution in [2.45, 2.75) is 17.7 Å². The number of hydrogen-bond donors (Lipinski definition) is 1. The Hall–Kier alpha value is -1.66. The van der Waals surface area contributed by atoms with Crippen LogP contribution in [0.5, 0.6) is 11.5 Å². The summed E-state index contributed by atoms with van der Waals surface area (Å²) in [4.78, 5) is 15.5. The van der Waals surface area contributed by atoms with Crippen LogP contribution in [0.4, 0.5) is 0 Å². The van der Waals surface area contributed by atoms with Crippen molar-refractivity contribution in [3.8, 4) is 11.5 Å². The molecule has 2 aliphatic rings. The van der Waals surface area contributed by atoms with Crippen LogP contribution in [0.1, 0.15) is 12.8 Å². The molecule has 1 aromatic carbocycles. The molecule has 0 aliphatic carbocycles. The van der Waals surface area contributed by atoms with Crippen LogP contribution in [0.25, 0.3) is 0 Å². The quantitative estimate of drug-likeness (QED) is 0.569. The second-order valence-electron chi connectivity index (χ2n) is 6.41. The number of carbonyl (C=O) groups is 1. The molecule has 1 amide bonds. The van der Waals surface area contributed by atoms with Gasteiger partial charge in [-0.1, -0.05) is 6.08 Å². The van der Waals surface area contributed by atoms with Crippen molar-refractivity contribution >= 4 is 17.7 Å². The van der Waals surface area contributed by atoms with Crippen molar-refractivity contribution in [3.63, 3.8) is 0 Å². The average Bonchev–Trinajstić information content (AvgIpc) is 3.08. The lowest BCUT2D eigenvalue weighted by molar-refractivity contribution is -0.120. The van der Waals surface area contributed by atoms with Crippen LogP contribution >= 0.6 is 11.8 Å². The molecule has 0 spiro atoms. The van der Waals surface area contributed by atoms with Gasteiger partial charge in [-0.3, -0.25) is 9.69 Å². The number of carbonyl (C=O) groups excluding carboxylic acids is 1. The fraction of sp³-hybridized carbons (Fsp3) is 0.526. The first-order valence-electron chi connectivity index (χ1n) is 8.87. The summed E-state index contributed by atoms with van der Waals surface area (Å²) >= 11 is 1.67. The third-order valence-corrected chi connectivity index (χ3v) is 5.45. The second kappa shape index (κ2) is 9.15. The summed E-state index contributed by atoms with van der Waals surface area (Å²) in [6, 6.07) is 5.94. The zero-order valence-corrected chi connectivity index (χ0v) is 15.4. The standard InChI is InChI=1S/C19H26N2O3S/c1-2-7-21-8-5-15(14-21)13-20-19(22)6-11-25-16-3-4-17-18(12-16)24-10-9-23-17/h2-4,12,15H,1,5-11,13-14H2,(H,20,22)/t15-/m1/s1. The van der Waals surface area contributed by atoms with Gasteiger partial charge >= 0.3 is 0 Å². The van der Waals surface area contributed by atoms with E-state index in [1.54, 1.807) is 11.8 Å². The van der Waals surface area contributed by atoms with E-state index in [1.165, 1.54) is 0 Å². The molecular formula is C19H26N2O3S. The Morgan fingerprint density at radius 3 is 3.04 bits per heavy atom. The summed E-state index contributed by atoms with van der Waals surface area (Å²) in [5.41, 5.74) is 0. The first kappa shape index (κ1) is 18.1. The maximum Gasteiger partial charge on any atom is 0.220 e. The van der Waals surface area contributed by atoms with Gasteiger partial charge in [0.2, 0.25) is 5.91 Å². The molecule has 1 N–H and O–H groups in total. The molecule has 3 rings (SSSR count). The average molecular weight is 362 g/mol. The van der Waals surface area contributed by atoms with Gasteiger partial charge in [0.25, 0.3) is 0 Å². The Morgan fingerprint density at radius 1 is 1.36 bits per heavy atom. The summed E-state index contributed by atoms with van der Waals surface area (Å²) in [5.74, 6) is 3.06. The smallest absolute Gasteiger partial charge is 0.220 e. The third kappa shape index (κ3) is 5.41. The number of rotatable bonds is 8. The van der Waals surface area contributed by atoms with Crippen LogP contribution in [0, 0.1) is 5.92 Å². The van der Waals surface area contributed by atoms with E-state index in [-0.39, 0.29) is 5.91 Å². The molecule has 1 atom stereocenters. The van der Waals surface area contributed by atoms with E-state index in [0.717, 1.165) is 54.7 Å². The highest BCUT2D eigenvalue weighted by molar-refractivity contribution is 7.99. The van der Waals surface area contributed by atoms with Gasteiger partial charge in [-0.25, -0.2) is 0 Å². The third-order valence-electron chi connectivity index (χ3n) is 4.46. The Balaban J connectivity index is 1.33. The molecule has 1 fully saturated rings. The van der Waals surface area contributed by atoms with E-state index in [0.29, 0.717) is 25.6 Å². The zero-order chi connectivity index (χ0) is 17.5. The van der Waals surface area contributed by atoms with Gasteiger partial charge in [-0.15, -0.1) is 18.3 Å². The first-order chi connectivity index (χ1) is 12.2.